The second-order valence-corrected chi connectivity index (χ2v) is 5.45. The molecule has 0 spiro atoms. The zero-order valence-corrected chi connectivity index (χ0v) is 11.6. The van der Waals surface area contributed by atoms with Gasteiger partial charge in [0.2, 0.25) is 5.91 Å². The van der Waals surface area contributed by atoms with E-state index in [1.807, 2.05) is 18.2 Å². The molecule has 1 fully saturated rings. The average molecular weight is 285 g/mol. The smallest absolute Gasteiger partial charge is 0.324 e. The van der Waals surface area contributed by atoms with Gasteiger partial charge in [-0.15, -0.1) is 0 Å². The maximum atomic E-state index is 11.9. The molecular formula is C15H15N3O3. The topological polar surface area (TPSA) is 74.4 Å². The van der Waals surface area contributed by atoms with Crippen LogP contribution in [0.2, 0.25) is 0 Å². The maximum Gasteiger partial charge on any atom is 0.324 e. The van der Waals surface area contributed by atoms with Crippen LogP contribution in [0.25, 0.3) is 10.9 Å². The predicted octanol–water partition coefficient (Wildman–Crippen LogP) is 1.72. The maximum absolute atomic E-state index is 11.9. The highest BCUT2D eigenvalue weighted by atomic mass is 16.5. The molecule has 21 heavy (non-hydrogen) atoms. The molecule has 1 aromatic heterocycles. The fourth-order valence-corrected chi connectivity index (χ4v) is 3.35. The molecule has 3 heterocycles. The highest BCUT2D eigenvalue weighted by Crippen LogP contribution is 2.38. The highest BCUT2D eigenvalue weighted by Gasteiger charge is 2.38. The Labute approximate surface area is 121 Å². The van der Waals surface area contributed by atoms with E-state index in [0.717, 1.165) is 28.8 Å². The van der Waals surface area contributed by atoms with Gasteiger partial charge in [-0.1, -0.05) is 0 Å². The van der Waals surface area contributed by atoms with Gasteiger partial charge < -0.3 is 14.6 Å². The molecule has 2 N–H and O–H groups in total. The molecule has 2 aliphatic heterocycles. The molecule has 6 nitrogen and oxygen atoms in total. The number of methoxy groups -OCH3 is 1. The fourth-order valence-electron chi connectivity index (χ4n) is 3.35. The zero-order valence-electron chi connectivity index (χ0n) is 11.6. The van der Waals surface area contributed by atoms with Crippen LogP contribution in [-0.4, -0.2) is 35.5 Å². The van der Waals surface area contributed by atoms with Crippen LogP contribution in [0, 0.1) is 0 Å². The van der Waals surface area contributed by atoms with Crippen molar-refractivity contribution in [3.63, 3.8) is 0 Å². The van der Waals surface area contributed by atoms with E-state index in [4.69, 9.17) is 4.74 Å². The lowest BCUT2D eigenvalue weighted by Crippen LogP contribution is -2.53. The quantitative estimate of drug-likeness (QED) is 0.837. The number of carbonyl (C=O) groups excluding carboxylic acids is 2. The number of hydrogen-bond acceptors (Lipinski definition) is 3. The minimum absolute atomic E-state index is 0.187. The highest BCUT2D eigenvalue weighted by molar-refractivity contribution is 5.98. The van der Waals surface area contributed by atoms with Gasteiger partial charge in [-0.25, -0.2) is 4.79 Å². The van der Waals surface area contributed by atoms with E-state index in [-0.39, 0.29) is 18.0 Å². The number of nitrogens with zero attached hydrogens (tertiary/aromatic N) is 1. The number of H-pyrrole nitrogens is 1. The fraction of sp³-hybridized carbons (Fsp3) is 0.333. The molecule has 1 saturated heterocycles. The van der Waals surface area contributed by atoms with Crippen molar-refractivity contribution in [2.45, 2.75) is 18.9 Å². The van der Waals surface area contributed by atoms with Crippen LogP contribution >= 0.6 is 0 Å². The lowest BCUT2D eigenvalue weighted by Gasteiger charge is -2.38. The molecular weight excluding hydrogens is 270 g/mol. The Kier molecular flexibility index (Phi) is 2.48. The van der Waals surface area contributed by atoms with Gasteiger partial charge in [0.15, 0.2) is 0 Å². The number of rotatable bonds is 1. The summed E-state index contributed by atoms with van der Waals surface area (Å²) >= 11 is 0. The van der Waals surface area contributed by atoms with Gasteiger partial charge in [0.1, 0.15) is 5.75 Å². The second-order valence-electron chi connectivity index (χ2n) is 5.45. The van der Waals surface area contributed by atoms with Gasteiger partial charge in [-0.2, -0.15) is 0 Å². The number of fused-ring (bicyclic) bond motifs is 5. The van der Waals surface area contributed by atoms with Gasteiger partial charge in [0.05, 0.1) is 19.6 Å². The summed E-state index contributed by atoms with van der Waals surface area (Å²) in [5, 5.41) is 3.49. The number of aromatic amines is 1. The van der Waals surface area contributed by atoms with Crippen LogP contribution in [-0.2, 0) is 11.2 Å². The van der Waals surface area contributed by atoms with Gasteiger partial charge >= 0.3 is 6.03 Å². The van der Waals surface area contributed by atoms with E-state index in [1.54, 1.807) is 12.0 Å². The normalized spacial score (nSPS) is 21.0. The summed E-state index contributed by atoms with van der Waals surface area (Å²) in [7, 11) is 1.64. The van der Waals surface area contributed by atoms with Gasteiger partial charge in [-0.3, -0.25) is 10.1 Å². The van der Waals surface area contributed by atoms with Crippen LogP contribution in [0.15, 0.2) is 18.2 Å². The minimum atomic E-state index is -0.293. The molecule has 1 atom stereocenters. The number of ether oxygens (including phenoxy) is 1. The Morgan fingerprint density at radius 2 is 2.19 bits per heavy atom. The van der Waals surface area contributed by atoms with Gasteiger partial charge in [0, 0.05) is 23.1 Å². The summed E-state index contributed by atoms with van der Waals surface area (Å²) in [6.07, 6.45) is 1.09. The Morgan fingerprint density at radius 1 is 1.33 bits per heavy atom. The average Bonchev–Trinajstić information content (AvgIpc) is 2.85. The molecule has 2 aromatic rings. The van der Waals surface area contributed by atoms with Crippen molar-refractivity contribution in [3.8, 4) is 5.75 Å². The van der Waals surface area contributed by atoms with E-state index in [1.165, 1.54) is 5.56 Å². The molecule has 4 rings (SSSR count). The van der Waals surface area contributed by atoms with Crippen molar-refractivity contribution in [2.75, 3.05) is 13.7 Å². The molecule has 2 aliphatic rings. The van der Waals surface area contributed by atoms with E-state index in [0.29, 0.717) is 13.0 Å². The molecule has 1 aromatic carbocycles. The summed E-state index contributed by atoms with van der Waals surface area (Å²) in [5.41, 5.74) is 3.18. The standard InChI is InChI=1S/C15H15N3O3/c1-21-8-2-3-11-10(6-8)9-4-5-18-12(14(9)16-11)7-13(19)17-15(18)20/h2-3,6,12,16H,4-5,7H2,1H3,(H,17,19,20). The molecule has 0 bridgehead atoms. The minimum Gasteiger partial charge on any atom is -0.497 e. The van der Waals surface area contributed by atoms with Crippen LogP contribution in [0.3, 0.4) is 0 Å². The first-order valence-electron chi connectivity index (χ1n) is 6.96. The first-order chi connectivity index (χ1) is 10.2. The van der Waals surface area contributed by atoms with Crippen LogP contribution < -0.4 is 10.1 Å². The Morgan fingerprint density at radius 3 is 3.00 bits per heavy atom. The second kappa shape index (κ2) is 4.25. The molecule has 1 unspecified atom stereocenters. The van der Waals surface area contributed by atoms with Crippen molar-refractivity contribution >= 4 is 22.8 Å². The largest absolute Gasteiger partial charge is 0.497 e. The van der Waals surface area contributed by atoms with E-state index in [9.17, 15) is 9.59 Å². The number of carbonyl (C=O) groups is 2. The van der Waals surface area contributed by atoms with Crippen molar-refractivity contribution < 1.29 is 14.3 Å². The summed E-state index contributed by atoms with van der Waals surface area (Å²) in [6, 6.07) is 5.40. The molecule has 0 saturated carbocycles. The first-order valence-corrected chi connectivity index (χ1v) is 6.96. The third-order valence-electron chi connectivity index (χ3n) is 4.34. The summed E-state index contributed by atoms with van der Waals surface area (Å²) in [5.74, 6) is 0.592. The van der Waals surface area contributed by atoms with Gasteiger partial charge in [0.25, 0.3) is 0 Å². The Bertz CT molecular complexity index is 765. The molecule has 3 amide bonds. The monoisotopic (exact) mass is 285 g/mol. The SMILES string of the molecule is COc1ccc2[nH]c3c(c2c1)CCN1C(=O)NC(=O)CC31. The van der Waals surface area contributed by atoms with Crippen LogP contribution in [0.5, 0.6) is 5.75 Å². The predicted molar refractivity (Wildman–Crippen MR) is 76.2 cm³/mol. The third kappa shape index (κ3) is 1.72. The molecule has 0 aliphatic carbocycles. The van der Waals surface area contributed by atoms with E-state index < -0.39 is 0 Å². The van der Waals surface area contributed by atoms with E-state index in [2.05, 4.69) is 10.3 Å². The molecule has 6 heteroatoms. The first kappa shape index (κ1) is 12.3. The lowest BCUT2D eigenvalue weighted by atomic mass is 9.94. The van der Waals surface area contributed by atoms with E-state index >= 15 is 0 Å². The number of amides is 3. The number of aromatic nitrogens is 1. The molecule has 0 radical (unpaired) electrons. The number of imide groups is 1. The van der Waals surface area contributed by atoms with Gasteiger partial charge in [-0.05, 0) is 30.2 Å². The number of urea groups is 1. The van der Waals surface area contributed by atoms with Crippen LogP contribution in [0.1, 0.15) is 23.7 Å². The third-order valence-corrected chi connectivity index (χ3v) is 4.34. The summed E-state index contributed by atoms with van der Waals surface area (Å²) < 4.78 is 5.28. The zero-order chi connectivity index (χ0) is 14.6. The van der Waals surface area contributed by atoms with Crippen molar-refractivity contribution in [1.82, 2.24) is 15.2 Å². The Hall–Kier alpha value is -2.50. The van der Waals surface area contributed by atoms with Crippen molar-refractivity contribution in [3.05, 3.63) is 29.5 Å². The number of nitrogens with one attached hydrogen (secondary N) is 2. The molecule has 108 valence electrons. The Balaban J connectivity index is 1.87. The van der Waals surface area contributed by atoms with Crippen molar-refractivity contribution in [1.29, 1.82) is 0 Å². The number of benzene rings is 1. The summed E-state index contributed by atoms with van der Waals surface area (Å²) in [4.78, 5) is 28.7. The lowest BCUT2D eigenvalue weighted by molar-refractivity contribution is -0.123. The van der Waals surface area contributed by atoms with Crippen LogP contribution in [0.4, 0.5) is 4.79 Å². The summed E-state index contributed by atoms with van der Waals surface area (Å²) in [6.45, 7) is 0.626. The number of hydrogen-bond donors (Lipinski definition) is 2. The van der Waals surface area contributed by atoms with Crippen molar-refractivity contribution in [2.24, 2.45) is 0 Å².